The van der Waals surface area contributed by atoms with Crippen molar-refractivity contribution in [1.29, 1.82) is 0 Å². The van der Waals surface area contributed by atoms with Gasteiger partial charge in [-0.15, -0.1) is 0 Å². The van der Waals surface area contributed by atoms with E-state index < -0.39 is 22.5 Å². The predicted molar refractivity (Wildman–Crippen MR) is 124 cm³/mol. The van der Waals surface area contributed by atoms with Crippen molar-refractivity contribution in [3.05, 3.63) is 82.9 Å². The van der Waals surface area contributed by atoms with Crippen LogP contribution >= 0.6 is 11.6 Å². The fourth-order valence-electron chi connectivity index (χ4n) is 3.05. The van der Waals surface area contributed by atoms with E-state index in [4.69, 9.17) is 16.3 Å². The predicted octanol–water partition coefficient (Wildman–Crippen LogP) is 4.80. The van der Waals surface area contributed by atoms with E-state index in [0.29, 0.717) is 11.4 Å². The van der Waals surface area contributed by atoms with Crippen molar-refractivity contribution < 1.29 is 17.9 Å². The van der Waals surface area contributed by atoms with Crippen molar-refractivity contribution >= 4 is 38.9 Å². The molecular formula is C23H23ClN2O4S. The fourth-order valence-corrected chi connectivity index (χ4v) is 4.74. The Kier molecular flexibility index (Phi) is 6.87. The summed E-state index contributed by atoms with van der Waals surface area (Å²) in [6, 6.07) is 18.1. The summed E-state index contributed by atoms with van der Waals surface area (Å²) >= 11 is 6.23. The van der Waals surface area contributed by atoms with Crippen molar-refractivity contribution in [2.45, 2.75) is 18.7 Å². The molecule has 31 heavy (non-hydrogen) atoms. The average Bonchev–Trinajstić information content (AvgIpc) is 2.75. The number of methoxy groups -OCH3 is 1. The smallest absolute Gasteiger partial charge is 0.264 e. The molecule has 0 saturated heterocycles. The molecule has 3 aromatic carbocycles. The van der Waals surface area contributed by atoms with Crippen molar-refractivity contribution in [3.8, 4) is 5.75 Å². The quantitative estimate of drug-likeness (QED) is 0.551. The lowest BCUT2D eigenvalue weighted by molar-refractivity contribution is -0.114. The van der Waals surface area contributed by atoms with Gasteiger partial charge in [0.2, 0.25) is 5.91 Å². The number of nitrogens with one attached hydrogen (secondary N) is 1. The molecule has 0 heterocycles. The van der Waals surface area contributed by atoms with E-state index in [1.165, 1.54) is 25.3 Å². The molecular weight excluding hydrogens is 436 g/mol. The normalized spacial score (nSPS) is 11.1. The van der Waals surface area contributed by atoms with Crippen LogP contribution < -0.4 is 14.4 Å². The average molecular weight is 459 g/mol. The molecule has 3 rings (SSSR count). The van der Waals surface area contributed by atoms with Crippen LogP contribution in [0.4, 0.5) is 11.4 Å². The zero-order chi connectivity index (χ0) is 22.6. The maximum Gasteiger partial charge on any atom is 0.264 e. The van der Waals surface area contributed by atoms with E-state index in [1.54, 1.807) is 36.4 Å². The number of amides is 1. The van der Waals surface area contributed by atoms with Gasteiger partial charge in [0.05, 0.1) is 22.7 Å². The fraction of sp³-hybridized carbons (Fsp3) is 0.174. The molecule has 3 aromatic rings. The molecule has 0 unspecified atom stereocenters. The third-order valence-corrected chi connectivity index (χ3v) is 7.00. The third kappa shape index (κ3) is 5.00. The summed E-state index contributed by atoms with van der Waals surface area (Å²) in [5.74, 6) is -0.0672. The van der Waals surface area contributed by atoms with E-state index >= 15 is 0 Å². The number of carbonyl (C=O) groups excluding carboxylic acids is 1. The Morgan fingerprint density at radius 2 is 1.74 bits per heavy atom. The van der Waals surface area contributed by atoms with E-state index in [-0.39, 0.29) is 15.6 Å². The summed E-state index contributed by atoms with van der Waals surface area (Å²) in [4.78, 5) is 12.9. The number of hydrogen-bond donors (Lipinski definition) is 1. The zero-order valence-corrected chi connectivity index (χ0v) is 19.0. The molecule has 1 N–H and O–H groups in total. The number of anilines is 2. The number of aryl methyl sites for hydroxylation is 1. The van der Waals surface area contributed by atoms with Crippen molar-refractivity contribution in [3.63, 3.8) is 0 Å². The van der Waals surface area contributed by atoms with Gasteiger partial charge in [-0.3, -0.25) is 9.10 Å². The Balaban J connectivity index is 1.99. The minimum absolute atomic E-state index is 0.0708. The first-order valence-electron chi connectivity index (χ1n) is 9.51. The van der Waals surface area contributed by atoms with Crippen molar-refractivity contribution in [2.75, 3.05) is 23.3 Å². The minimum atomic E-state index is -4.02. The molecule has 0 atom stereocenters. The molecule has 0 bridgehead atoms. The second-order valence-electron chi connectivity index (χ2n) is 6.94. The molecule has 0 spiro atoms. The lowest BCUT2D eigenvalue weighted by atomic mass is 10.1. The summed E-state index contributed by atoms with van der Waals surface area (Å²) in [5, 5.41) is 3.05. The summed E-state index contributed by atoms with van der Waals surface area (Å²) in [6.45, 7) is 3.41. The first-order chi connectivity index (χ1) is 14.7. The van der Waals surface area contributed by atoms with Gasteiger partial charge in [-0.05, 0) is 61.4 Å². The largest absolute Gasteiger partial charge is 0.495 e. The number of carbonyl (C=O) groups is 1. The van der Waals surface area contributed by atoms with Gasteiger partial charge in [0, 0.05) is 5.69 Å². The Labute approximate surface area is 187 Å². The highest BCUT2D eigenvalue weighted by Gasteiger charge is 2.28. The summed E-state index contributed by atoms with van der Waals surface area (Å²) in [6.07, 6.45) is 0. The highest BCUT2D eigenvalue weighted by atomic mass is 35.5. The zero-order valence-electron chi connectivity index (χ0n) is 17.4. The van der Waals surface area contributed by atoms with Gasteiger partial charge < -0.3 is 10.1 Å². The molecule has 0 saturated carbocycles. The summed E-state index contributed by atoms with van der Waals surface area (Å²) < 4.78 is 32.9. The van der Waals surface area contributed by atoms with Crippen LogP contribution in [0.5, 0.6) is 5.75 Å². The topological polar surface area (TPSA) is 75.7 Å². The number of hydrogen-bond acceptors (Lipinski definition) is 4. The van der Waals surface area contributed by atoms with Gasteiger partial charge in [-0.1, -0.05) is 41.9 Å². The van der Waals surface area contributed by atoms with E-state index in [0.717, 1.165) is 15.4 Å². The van der Waals surface area contributed by atoms with Gasteiger partial charge in [-0.25, -0.2) is 8.42 Å². The molecule has 0 radical (unpaired) electrons. The minimum Gasteiger partial charge on any atom is -0.495 e. The maximum atomic E-state index is 13.4. The monoisotopic (exact) mass is 458 g/mol. The van der Waals surface area contributed by atoms with Crippen LogP contribution in [0.3, 0.4) is 0 Å². The van der Waals surface area contributed by atoms with E-state index in [1.807, 2.05) is 26.0 Å². The second kappa shape index (κ2) is 9.41. The maximum absolute atomic E-state index is 13.4. The molecule has 0 fully saturated rings. The molecule has 0 aliphatic carbocycles. The third-order valence-electron chi connectivity index (χ3n) is 4.92. The number of rotatable bonds is 7. The molecule has 0 aliphatic rings. The van der Waals surface area contributed by atoms with Gasteiger partial charge in [0.15, 0.2) is 0 Å². The van der Waals surface area contributed by atoms with Gasteiger partial charge in [0.25, 0.3) is 10.0 Å². The Hall–Kier alpha value is -3.03. The van der Waals surface area contributed by atoms with Crippen LogP contribution in [-0.4, -0.2) is 28.0 Å². The summed E-state index contributed by atoms with van der Waals surface area (Å²) in [7, 11) is -2.55. The molecule has 1 amide bonds. The van der Waals surface area contributed by atoms with Crippen LogP contribution in [-0.2, 0) is 14.8 Å². The van der Waals surface area contributed by atoms with Gasteiger partial charge in [0.1, 0.15) is 12.3 Å². The first kappa shape index (κ1) is 22.7. The molecule has 0 aliphatic heterocycles. The van der Waals surface area contributed by atoms with E-state index in [9.17, 15) is 13.2 Å². The van der Waals surface area contributed by atoms with Gasteiger partial charge in [-0.2, -0.15) is 0 Å². The Morgan fingerprint density at radius 1 is 1.03 bits per heavy atom. The standard InChI is InChI=1S/C23H23ClN2O4S/c1-16-8-7-11-21(17(16)2)25-23(27)15-26(18-12-13-22(30-3)20(24)14-18)31(28,29)19-9-5-4-6-10-19/h4-14H,15H2,1-3H3,(H,25,27). The Bertz CT molecular complexity index is 1200. The first-order valence-corrected chi connectivity index (χ1v) is 11.3. The van der Waals surface area contributed by atoms with Crippen molar-refractivity contribution in [2.24, 2.45) is 0 Å². The number of benzene rings is 3. The van der Waals surface area contributed by atoms with Crippen molar-refractivity contribution in [1.82, 2.24) is 0 Å². The lowest BCUT2D eigenvalue weighted by Crippen LogP contribution is -2.38. The Morgan fingerprint density at radius 3 is 2.39 bits per heavy atom. The van der Waals surface area contributed by atoms with E-state index in [2.05, 4.69) is 5.32 Å². The molecule has 162 valence electrons. The number of sulfonamides is 1. The van der Waals surface area contributed by atoms with Crippen LogP contribution in [0.1, 0.15) is 11.1 Å². The highest BCUT2D eigenvalue weighted by Crippen LogP contribution is 2.32. The van der Waals surface area contributed by atoms with Crippen LogP contribution in [0, 0.1) is 13.8 Å². The van der Waals surface area contributed by atoms with Crippen LogP contribution in [0.15, 0.2) is 71.6 Å². The van der Waals surface area contributed by atoms with Crippen LogP contribution in [0.2, 0.25) is 5.02 Å². The highest BCUT2D eigenvalue weighted by molar-refractivity contribution is 7.92. The number of halogens is 1. The second-order valence-corrected chi connectivity index (χ2v) is 9.21. The lowest BCUT2D eigenvalue weighted by Gasteiger charge is -2.25. The number of ether oxygens (including phenoxy) is 1. The molecule has 8 heteroatoms. The SMILES string of the molecule is COc1ccc(N(CC(=O)Nc2cccc(C)c2C)S(=O)(=O)c2ccccc2)cc1Cl. The summed E-state index contributed by atoms with van der Waals surface area (Å²) in [5.41, 5.74) is 2.83. The molecule has 0 aromatic heterocycles. The van der Waals surface area contributed by atoms with Crippen LogP contribution in [0.25, 0.3) is 0 Å². The number of nitrogens with zero attached hydrogens (tertiary/aromatic N) is 1. The van der Waals surface area contributed by atoms with Gasteiger partial charge >= 0.3 is 0 Å². The molecule has 6 nitrogen and oxygen atoms in total.